The quantitative estimate of drug-likeness (QED) is 0.636. The van der Waals surface area contributed by atoms with Gasteiger partial charge < -0.3 is 5.73 Å². The average molecular weight is 373 g/mol. The molecule has 4 rings (SSSR count). The van der Waals surface area contributed by atoms with Gasteiger partial charge in [0, 0.05) is 6.20 Å². The predicted octanol–water partition coefficient (Wildman–Crippen LogP) is 5.05. The van der Waals surface area contributed by atoms with Gasteiger partial charge in [0.1, 0.15) is 11.3 Å². The van der Waals surface area contributed by atoms with Crippen LogP contribution in [-0.2, 0) is 6.42 Å². The van der Waals surface area contributed by atoms with Crippen molar-refractivity contribution in [3.63, 3.8) is 0 Å². The van der Waals surface area contributed by atoms with Crippen LogP contribution in [-0.4, -0.2) is 29.5 Å². The predicted molar refractivity (Wildman–Crippen MR) is 106 cm³/mol. The number of fused-ring (bicyclic) bond motifs is 1. The number of aryl methyl sites for hydroxylation is 1. The molecule has 1 aliphatic carbocycles. The van der Waals surface area contributed by atoms with E-state index in [1.54, 1.807) is 4.40 Å². The van der Waals surface area contributed by atoms with Crippen LogP contribution < -0.4 is 5.73 Å². The van der Waals surface area contributed by atoms with E-state index in [1.807, 2.05) is 42.6 Å². The molecule has 2 heterocycles. The molecule has 27 heavy (non-hydrogen) atoms. The van der Waals surface area contributed by atoms with Gasteiger partial charge in [0.05, 0.1) is 13.9 Å². The first-order valence-corrected chi connectivity index (χ1v) is 8.99. The highest BCUT2D eigenvalue weighted by atomic mass is 19.1. The van der Waals surface area contributed by atoms with Crippen LogP contribution in [0.2, 0.25) is 0 Å². The van der Waals surface area contributed by atoms with Crippen molar-refractivity contribution in [2.24, 2.45) is 0 Å². The monoisotopic (exact) mass is 373 g/mol. The molecule has 0 saturated heterocycles. The molecule has 6 heteroatoms. The third-order valence-corrected chi connectivity index (χ3v) is 4.06. The van der Waals surface area contributed by atoms with E-state index in [0.29, 0.717) is 37.6 Å². The van der Waals surface area contributed by atoms with Gasteiger partial charge in [-0.15, -0.1) is 0 Å². The topological polar surface area (TPSA) is 60.4 Å². The molecule has 1 fully saturated rings. The molecule has 3 aromatic rings. The number of nitrogen functional groups attached to an aromatic ring is 1. The summed E-state index contributed by atoms with van der Waals surface area (Å²) in [5.74, 6) is 0.220. The second-order valence-electron chi connectivity index (χ2n) is 6.16. The fourth-order valence-corrected chi connectivity index (χ4v) is 2.63. The van der Waals surface area contributed by atoms with E-state index in [9.17, 15) is 13.6 Å². The van der Waals surface area contributed by atoms with Crippen molar-refractivity contribution in [3.8, 4) is 11.1 Å². The van der Waals surface area contributed by atoms with Crippen LogP contribution in [0.1, 0.15) is 41.7 Å². The highest BCUT2D eigenvalue weighted by Gasteiger charge is 2.11. The lowest BCUT2D eigenvalue weighted by Gasteiger charge is -2.09. The number of aldehydes is 1. The van der Waals surface area contributed by atoms with E-state index in [1.165, 1.54) is 19.3 Å². The summed E-state index contributed by atoms with van der Waals surface area (Å²) in [6.07, 6.45) is 8.22. The standard InChI is InChI=1S/C17H16FN3O.C3H6.CH3F/c18-9-3-5-12-4-1-2-6-14(12)13-7-8-16-20-17(19)15(11-22)21(16)10-13;1-2-3-1;1-2/h1-2,4,6-8,10-11H,3,5,9,19H2;1-3H2;1H3. The maximum absolute atomic E-state index is 12.5. The number of benzene rings is 1. The van der Waals surface area contributed by atoms with Gasteiger partial charge in [-0.05, 0) is 41.7 Å². The number of hydrogen-bond donors (Lipinski definition) is 1. The summed E-state index contributed by atoms with van der Waals surface area (Å²) in [6.45, 7) is -0.333. The highest BCUT2D eigenvalue weighted by Crippen LogP contribution is 2.26. The minimum atomic E-state index is -0.333. The molecule has 0 atom stereocenters. The Morgan fingerprint density at radius 3 is 2.48 bits per heavy atom. The molecule has 1 saturated carbocycles. The molecule has 2 aromatic heterocycles. The van der Waals surface area contributed by atoms with Gasteiger partial charge in [-0.2, -0.15) is 0 Å². The third kappa shape index (κ3) is 5.36. The lowest BCUT2D eigenvalue weighted by atomic mass is 9.98. The number of aromatic nitrogens is 2. The van der Waals surface area contributed by atoms with Gasteiger partial charge in [0.25, 0.3) is 0 Å². The minimum absolute atomic E-state index is 0.220. The molecule has 2 N–H and O–H groups in total. The van der Waals surface area contributed by atoms with E-state index >= 15 is 0 Å². The fourth-order valence-electron chi connectivity index (χ4n) is 2.63. The van der Waals surface area contributed by atoms with Gasteiger partial charge in [-0.3, -0.25) is 18.0 Å². The summed E-state index contributed by atoms with van der Waals surface area (Å²) in [5, 5.41) is 0. The zero-order valence-electron chi connectivity index (χ0n) is 15.5. The molecule has 1 aromatic carbocycles. The Morgan fingerprint density at radius 2 is 1.85 bits per heavy atom. The van der Waals surface area contributed by atoms with Crippen molar-refractivity contribution in [1.29, 1.82) is 0 Å². The summed E-state index contributed by atoms with van der Waals surface area (Å²) < 4.78 is 23.6. The van der Waals surface area contributed by atoms with Gasteiger partial charge in [-0.25, -0.2) is 4.98 Å². The van der Waals surface area contributed by atoms with Crippen molar-refractivity contribution in [2.45, 2.75) is 32.1 Å². The lowest BCUT2D eigenvalue weighted by Crippen LogP contribution is -1.96. The average Bonchev–Trinajstić information content (AvgIpc) is 3.56. The Bertz CT molecular complexity index is 872. The summed E-state index contributed by atoms with van der Waals surface area (Å²) >= 11 is 0. The Kier molecular flexibility index (Phi) is 7.92. The number of alkyl halides is 2. The molecule has 1 aliphatic rings. The molecule has 0 spiro atoms. The summed E-state index contributed by atoms with van der Waals surface area (Å²) in [6, 6.07) is 11.6. The van der Waals surface area contributed by atoms with Crippen LogP contribution in [0.25, 0.3) is 16.8 Å². The lowest BCUT2D eigenvalue weighted by molar-refractivity contribution is 0.111. The maximum Gasteiger partial charge on any atom is 0.170 e. The van der Waals surface area contributed by atoms with Crippen molar-refractivity contribution < 1.29 is 13.6 Å². The summed E-state index contributed by atoms with van der Waals surface area (Å²) in [7, 11) is 0.500. The van der Waals surface area contributed by atoms with Crippen LogP contribution in [0.3, 0.4) is 0 Å². The molecule has 0 radical (unpaired) electrons. The number of carbonyl (C=O) groups is 1. The van der Waals surface area contributed by atoms with E-state index in [0.717, 1.165) is 16.7 Å². The Morgan fingerprint density at radius 1 is 1.15 bits per heavy atom. The van der Waals surface area contributed by atoms with Crippen LogP contribution in [0.5, 0.6) is 0 Å². The fraction of sp³-hybridized carbons (Fsp3) is 0.333. The number of halogens is 2. The van der Waals surface area contributed by atoms with Crippen LogP contribution in [0.15, 0.2) is 42.6 Å². The second-order valence-corrected chi connectivity index (χ2v) is 6.16. The SMILES string of the molecule is C1CC1.CF.Nc1nc2ccc(-c3ccccc3CCCF)cn2c1C=O. The smallest absolute Gasteiger partial charge is 0.170 e. The molecule has 0 aliphatic heterocycles. The summed E-state index contributed by atoms with van der Waals surface area (Å²) in [5.41, 5.74) is 9.78. The van der Waals surface area contributed by atoms with Crippen molar-refractivity contribution in [1.82, 2.24) is 9.38 Å². The van der Waals surface area contributed by atoms with Crippen LogP contribution >= 0.6 is 0 Å². The summed E-state index contributed by atoms with van der Waals surface area (Å²) in [4.78, 5) is 15.3. The second kappa shape index (κ2) is 10.4. The Balaban J connectivity index is 0.000000463. The molecule has 144 valence electrons. The van der Waals surface area contributed by atoms with Crippen molar-refractivity contribution in [2.75, 3.05) is 19.6 Å². The maximum atomic E-state index is 12.5. The number of rotatable bonds is 5. The van der Waals surface area contributed by atoms with Crippen molar-refractivity contribution >= 4 is 17.8 Å². The van der Waals surface area contributed by atoms with E-state index in [2.05, 4.69) is 4.98 Å². The first-order chi connectivity index (χ1) is 13.2. The van der Waals surface area contributed by atoms with Gasteiger partial charge >= 0.3 is 0 Å². The van der Waals surface area contributed by atoms with Crippen LogP contribution in [0, 0.1) is 0 Å². The number of hydrogen-bond acceptors (Lipinski definition) is 3. The molecular formula is C21H25F2N3O. The molecule has 0 bridgehead atoms. The zero-order chi connectivity index (χ0) is 19.6. The largest absolute Gasteiger partial charge is 0.382 e. The third-order valence-electron chi connectivity index (χ3n) is 4.06. The molecule has 4 nitrogen and oxygen atoms in total. The first kappa shape index (κ1) is 20.6. The number of nitrogens with two attached hydrogens (primary N) is 1. The Labute approximate surface area is 158 Å². The van der Waals surface area contributed by atoms with Gasteiger partial charge in [-0.1, -0.05) is 43.5 Å². The number of nitrogens with zero attached hydrogens (tertiary/aromatic N) is 2. The number of anilines is 1. The highest BCUT2D eigenvalue weighted by molar-refractivity contribution is 5.82. The Hall–Kier alpha value is -2.76. The molecular weight excluding hydrogens is 348 g/mol. The van der Waals surface area contributed by atoms with E-state index in [-0.39, 0.29) is 12.5 Å². The van der Waals surface area contributed by atoms with Crippen molar-refractivity contribution in [3.05, 3.63) is 53.9 Å². The minimum Gasteiger partial charge on any atom is -0.382 e. The molecule has 0 unspecified atom stereocenters. The van der Waals surface area contributed by atoms with Gasteiger partial charge in [0.2, 0.25) is 0 Å². The van der Waals surface area contributed by atoms with Gasteiger partial charge in [0.15, 0.2) is 12.1 Å². The van der Waals surface area contributed by atoms with E-state index in [4.69, 9.17) is 5.73 Å². The zero-order valence-corrected chi connectivity index (χ0v) is 15.5. The first-order valence-electron chi connectivity index (χ1n) is 8.99. The number of carbonyl (C=O) groups excluding carboxylic acids is 1. The normalized spacial score (nSPS) is 11.8. The molecule has 0 amide bonds. The van der Waals surface area contributed by atoms with E-state index < -0.39 is 0 Å². The van der Waals surface area contributed by atoms with Crippen LogP contribution in [0.4, 0.5) is 14.6 Å². The number of pyridine rings is 1. The number of imidazole rings is 1.